The summed E-state index contributed by atoms with van der Waals surface area (Å²) in [5.74, 6) is -0.294. The molecular weight excluding hydrogens is 426 g/mol. The summed E-state index contributed by atoms with van der Waals surface area (Å²) < 4.78 is 55.6. The molecule has 1 aliphatic heterocycles. The summed E-state index contributed by atoms with van der Waals surface area (Å²) in [5.41, 5.74) is 3.33. The number of ether oxygens (including phenoxy) is 1. The Kier molecular flexibility index (Phi) is 5.74. The number of thiol groups is 1. The van der Waals surface area contributed by atoms with Crippen LogP contribution in [0, 0.1) is 11.6 Å². The minimum atomic E-state index is -2.53. The number of hydrogen-bond donors (Lipinski definition) is 1. The van der Waals surface area contributed by atoms with Crippen molar-refractivity contribution < 1.29 is 21.9 Å². The fourth-order valence-corrected chi connectivity index (χ4v) is 4.32. The number of allylic oxidation sites excluding steroid dienone is 1. The van der Waals surface area contributed by atoms with E-state index in [2.05, 4.69) is 0 Å². The summed E-state index contributed by atoms with van der Waals surface area (Å²) in [6.07, 6.45) is 0. The van der Waals surface area contributed by atoms with Gasteiger partial charge in [0.25, 0.3) is 0 Å². The fraction of sp³-hybridized carbons (Fsp3) is 0.0870. The number of benzene rings is 3. The van der Waals surface area contributed by atoms with Gasteiger partial charge in [0, 0.05) is 22.6 Å². The average Bonchev–Trinajstić information content (AvgIpc) is 2.73. The molecule has 0 radical (unpaired) electrons. The predicted octanol–water partition coefficient (Wildman–Crippen LogP) is 5.12. The van der Waals surface area contributed by atoms with Gasteiger partial charge in [0.05, 0.1) is 5.75 Å². The summed E-state index contributed by atoms with van der Waals surface area (Å²) in [6, 6.07) is 17.1. The molecule has 0 saturated carbocycles. The van der Waals surface area contributed by atoms with Crippen LogP contribution in [0.5, 0.6) is 5.75 Å². The molecule has 1 unspecified atom stereocenters. The SMILES string of the molecule is O=[SH](=O)Cc1ccc(C2=C(c3ccc(F)cc3)C(C=S)c3cc(F)ccc3O2)cc1. The maximum Gasteiger partial charge on any atom is 0.144 e. The zero-order valence-corrected chi connectivity index (χ0v) is 17.3. The number of hydrogen-bond acceptors (Lipinski definition) is 4. The lowest BCUT2D eigenvalue weighted by molar-refractivity contribution is 0.496. The molecule has 0 aliphatic carbocycles. The van der Waals surface area contributed by atoms with Crippen molar-refractivity contribution in [1.82, 2.24) is 0 Å². The minimum Gasteiger partial charge on any atom is -0.456 e. The van der Waals surface area contributed by atoms with Crippen molar-refractivity contribution in [3.8, 4) is 5.75 Å². The largest absolute Gasteiger partial charge is 0.456 e. The highest BCUT2D eigenvalue weighted by molar-refractivity contribution is 7.79. The summed E-state index contributed by atoms with van der Waals surface area (Å²) in [6.45, 7) is 0. The Hall–Kier alpha value is -2.90. The van der Waals surface area contributed by atoms with E-state index in [-0.39, 0.29) is 11.6 Å². The monoisotopic (exact) mass is 442 g/mol. The van der Waals surface area contributed by atoms with E-state index in [0.29, 0.717) is 39.3 Å². The number of thiocarbonyl (C=S) groups is 1. The second kappa shape index (κ2) is 8.45. The molecule has 1 atom stereocenters. The molecule has 30 heavy (non-hydrogen) atoms. The molecule has 3 aromatic rings. The van der Waals surface area contributed by atoms with Gasteiger partial charge < -0.3 is 4.74 Å². The van der Waals surface area contributed by atoms with Crippen LogP contribution in [0.3, 0.4) is 0 Å². The molecule has 4 rings (SSSR count). The molecule has 0 amide bonds. The van der Waals surface area contributed by atoms with Crippen LogP contribution in [0.25, 0.3) is 11.3 Å². The quantitative estimate of drug-likeness (QED) is 0.440. The summed E-state index contributed by atoms with van der Waals surface area (Å²) >= 11 is 5.29. The van der Waals surface area contributed by atoms with E-state index in [1.165, 1.54) is 29.6 Å². The van der Waals surface area contributed by atoms with Gasteiger partial charge in [-0.1, -0.05) is 48.6 Å². The first-order chi connectivity index (χ1) is 14.5. The molecule has 152 valence electrons. The van der Waals surface area contributed by atoms with E-state index < -0.39 is 22.4 Å². The van der Waals surface area contributed by atoms with E-state index in [9.17, 15) is 17.2 Å². The highest BCUT2D eigenvalue weighted by atomic mass is 32.2. The standard InChI is InChI=1S/C23H16F2O3S2/c24-17-7-5-15(6-8-17)22-20(12-29)19-11-18(25)9-10-21(19)28-23(22)16-3-1-14(2-4-16)13-30(26)27/h1-12,20,30H,13H2. The predicted molar refractivity (Wildman–Crippen MR) is 117 cm³/mol. The molecule has 1 aliphatic rings. The Labute approximate surface area is 179 Å². The van der Waals surface area contributed by atoms with E-state index in [1.54, 1.807) is 42.5 Å². The van der Waals surface area contributed by atoms with Gasteiger partial charge >= 0.3 is 0 Å². The van der Waals surface area contributed by atoms with Crippen molar-refractivity contribution in [1.29, 1.82) is 0 Å². The molecule has 1 heterocycles. The van der Waals surface area contributed by atoms with Crippen LogP contribution in [-0.4, -0.2) is 13.8 Å². The van der Waals surface area contributed by atoms with Crippen molar-refractivity contribution in [2.24, 2.45) is 0 Å². The van der Waals surface area contributed by atoms with Crippen LogP contribution in [0.4, 0.5) is 8.78 Å². The van der Waals surface area contributed by atoms with Gasteiger partial charge in [0.15, 0.2) is 0 Å². The van der Waals surface area contributed by atoms with Gasteiger partial charge in [-0.15, -0.1) is 0 Å². The lowest BCUT2D eigenvalue weighted by Crippen LogP contribution is -2.15. The molecule has 3 nitrogen and oxygen atoms in total. The van der Waals surface area contributed by atoms with E-state index in [1.807, 2.05) is 0 Å². The Bertz CT molecular complexity index is 1210. The Morgan fingerprint density at radius 1 is 0.900 bits per heavy atom. The zero-order valence-electron chi connectivity index (χ0n) is 15.5. The smallest absolute Gasteiger partial charge is 0.144 e. The van der Waals surface area contributed by atoms with Gasteiger partial charge in [-0.2, -0.15) is 0 Å². The maximum absolute atomic E-state index is 13.9. The first-order valence-electron chi connectivity index (χ1n) is 9.10. The molecular formula is C23H16F2O3S2. The van der Waals surface area contributed by atoms with Crippen molar-refractivity contribution in [2.75, 3.05) is 0 Å². The molecule has 7 heteroatoms. The first kappa shape index (κ1) is 20.4. The minimum absolute atomic E-state index is 0.0506. The van der Waals surface area contributed by atoms with Crippen LogP contribution in [0.2, 0.25) is 0 Å². The van der Waals surface area contributed by atoms with Gasteiger partial charge in [-0.3, -0.25) is 0 Å². The lowest BCUT2D eigenvalue weighted by Gasteiger charge is -2.29. The third kappa shape index (κ3) is 4.04. The van der Waals surface area contributed by atoms with Gasteiger partial charge in [0.2, 0.25) is 0 Å². The molecule has 0 spiro atoms. The Balaban J connectivity index is 1.91. The lowest BCUT2D eigenvalue weighted by atomic mass is 9.83. The number of halogens is 2. The van der Waals surface area contributed by atoms with Crippen molar-refractivity contribution in [3.05, 3.63) is 101 Å². The fourth-order valence-electron chi connectivity index (χ4n) is 3.52. The molecule has 0 N–H and O–H groups in total. The Morgan fingerprint density at radius 3 is 2.17 bits per heavy atom. The first-order valence-corrected chi connectivity index (χ1v) is 10.9. The van der Waals surface area contributed by atoms with Crippen molar-refractivity contribution >= 4 is 39.6 Å². The van der Waals surface area contributed by atoms with Crippen LogP contribution in [-0.2, 0) is 16.5 Å². The van der Waals surface area contributed by atoms with Crippen LogP contribution in [0.15, 0.2) is 66.7 Å². The second-order valence-electron chi connectivity index (χ2n) is 6.84. The summed E-state index contributed by atoms with van der Waals surface area (Å²) in [5, 5.41) is 1.54. The third-order valence-electron chi connectivity index (χ3n) is 4.89. The third-order valence-corrected chi connectivity index (χ3v) is 5.79. The molecule has 3 aromatic carbocycles. The molecule has 0 bridgehead atoms. The molecule has 0 saturated heterocycles. The second-order valence-corrected chi connectivity index (χ2v) is 8.09. The van der Waals surface area contributed by atoms with Gasteiger partial charge in [0.1, 0.15) is 33.8 Å². The van der Waals surface area contributed by atoms with Crippen LogP contribution < -0.4 is 4.74 Å². The highest BCUT2D eigenvalue weighted by Crippen LogP contribution is 2.46. The van der Waals surface area contributed by atoms with E-state index >= 15 is 0 Å². The van der Waals surface area contributed by atoms with Crippen molar-refractivity contribution in [3.63, 3.8) is 0 Å². The van der Waals surface area contributed by atoms with Crippen molar-refractivity contribution in [2.45, 2.75) is 11.7 Å². The van der Waals surface area contributed by atoms with Crippen LogP contribution >= 0.6 is 12.2 Å². The Morgan fingerprint density at radius 2 is 1.53 bits per heavy atom. The number of rotatable bonds is 5. The van der Waals surface area contributed by atoms with Crippen LogP contribution in [0.1, 0.15) is 28.2 Å². The molecule has 0 fully saturated rings. The average molecular weight is 443 g/mol. The van der Waals surface area contributed by atoms with Gasteiger partial charge in [-0.05, 0) is 46.8 Å². The highest BCUT2D eigenvalue weighted by Gasteiger charge is 2.30. The van der Waals surface area contributed by atoms with E-state index in [4.69, 9.17) is 17.0 Å². The normalized spacial score (nSPS) is 15.6. The molecule has 0 aromatic heterocycles. The maximum atomic E-state index is 13.9. The van der Waals surface area contributed by atoms with E-state index in [0.717, 1.165) is 0 Å². The zero-order chi connectivity index (χ0) is 21.3. The topological polar surface area (TPSA) is 43.4 Å². The number of fused-ring (bicyclic) bond motifs is 1. The summed E-state index contributed by atoms with van der Waals surface area (Å²) in [7, 11) is -2.53. The van der Waals surface area contributed by atoms with Gasteiger partial charge in [-0.25, -0.2) is 17.2 Å². The summed E-state index contributed by atoms with van der Waals surface area (Å²) in [4.78, 5) is 0.